The molecule has 10 heteroatoms. The maximum absolute atomic E-state index is 12.5. The Kier molecular flexibility index (Phi) is 7.06. The number of amides is 2. The van der Waals surface area contributed by atoms with E-state index < -0.39 is 21.8 Å². The first-order valence-corrected chi connectivity index (χ1v) is 11.2. The predicted octanol–water partition coefficient (Wildman–Crippen LogP) is 2.66. The highest BCUT2D eigenvalue weighted by Gasteiger charge is 2.15. The van der Waals surface area contributed by atoms with Crippen molar-refractivity contribution < 1.29 is 22.7 Å². The molecule has 0 fully saturated rings. The lowest BCUT2D eigenvalue weighted by atomic mass is 10.2. The number of hydrogen-bond acceptors (Lipinski definition) is 6. The van der Waals surface area contributed by atoms with Gasteiger partial charge in [0.25, 0.3) is 21.8 Å². The van der Waals surface area contributed by atoms with Gasteiger partial charge in [-0.3, -0.25) is 25.2 Å². The molecule has 2 aromatic carbocycles. The van der Waals surface area contributed by atoms with Crippen LogP contribution in [0.15, 0.2) is 71.6 Å². The van der Waals surface area contributed by atoms with Gasteiger partial charge < -0.3 is 4.74 Å². The quantitative estimate of drug-likeness (QED) is 0.471. The van der Waals surface area contributed by atoms with Crippen LogP contribution in [0.1, 0.15) is 33.5 Å². The van der Waals surface area contributed by atoms with Crippen molar-refractivity contribution in [2.75, 3.05) is 11.3 Å². The molecule has 0 bridgehead atoms. The van der Waals surface area contributed by atoms with Gasteiger partial charge in [0.15, 0.2) is 0 Å². The number of nitrogens with zero attached hydrogens (tertiary/aromatic N) is 1. The molecule has 0 aliphatic carbocycles. The molecular formula is C22H22N4O5S. The van der Waals surface area contributed by atoms with Gasteiger partial charge in [-0.15, -0.1) is 0 Å². The number of hydrazine groups is 1. The van der Waals surface area contributed by atoms with Crippen molar-refractivity contribution in [3.05, 3.63) is 83.7 Å². The lowest BCUT2D eigenvalue weighted by Gasteiger charge is -2.10. The first kappa shape index (κ1) is 22.8. The largest absolute Gasteiger partial charge is 0.494 e. The zero-order chi connectivity index (χ0) is 23.1. The Morgan fingerprint density at radius 2 is 1.56 bits per heavy atom. The van der Waals surface area contributed by atoms with Crippen LogP contribution in [-0.2, 0) is 10.0 Å². The third kappa shape index (κ3) is 5.82. The van der Waals surface area contributed by atoms with E-state index in [9.17, 15) is 18.0 Å². The van der Waals surface area contributed by atoms with Gasteiger partial charge in [-0.1, -0.05) is 6.07 Å². The van der Waals surface area contributed by atoms with Crippen LogP contribution in [0.3, 0.4) is 0 Å². The van der Waals surface area contributed by atoms with Crippen LogP contribution in [0, 0.1) is 6.92 Å². The molecule has 0 radical (unpaired) electrons. The van der Waals surface area contributed by atoms with Crippen LogP contribution in [0.5, 0.6) is 5.75 Å². The normalized spacial score (nSPS) is 10.8. The van der Waals surface area contributed by atoms with Crippen molar-refractivity contribution in [2.24, 2.45) is 0 Å². The summed E-state index contributed by atoms with van der Waals surface area (Å²) < 4.78 is 32.8. The number of rotatable bonds is 7. The standard InChI is InChI=1S/C22H22N4O5S/c1-3-31-18-11-13-19(14-12-18)32(29,30)26-17-9-7-16(8-10-17)21(27)24-25-22(28)20-6-4-5-15(2)23-20/h4-14,26H,3H2,1-2H3,(H,24,27)(H,25,28). The average Bonchev–Trinajstić information content (AvgIpc) is 2.78. The summed E-state index contributed by atoms with van der Waals surface area (Å²) in [6.07, 6.45) is 0. The van der Waals surface area contributed by atoms with Crippen LogP contribution in [-0.4, -0.2) is 31.8 Å². The summed E-state index contributed by atoms with van der Waals surface area (Å²) in [7, 11) is -3.80. The van der Waals surface area contributed by atoms with Crippen LogP contribution in [0.25, 0.3) is 0 Å². The summed E-state index contributed by atoms with van der Waals surface area (Å²) >= 11 is 0. The minimum absolute atomic E-state index is 0.0789. The van der Waals surface area contributed by atoms with E-state index in [0.717, 1.165) is 0 Å². The van der Waals surface area contributed by atoms with Crippen LogP contribution >= 0.6 is 0 Å². The van der Waals surface area contributed by atoms with E-state index in [1.54, 1.807) is 31.2 Å². The maximum Gasteiger partial charge on any atom is 0.288 e. The Morgan fingerprint density at radius 1 is 0.906 bits per heavy atom. The number of ether oxygens (including phenoxy) is 1. The van der Waals surface area contributed by atoms with E-state index in [0.29, 0.717) is 18.1 Å². The third-order valence-electron chi connectivity index (χ3n) is 4.25. The fourth-order valence-electron chi connectivity index (χ4n) is 2.70. The molecule has 1 heterocycles. The molecule has 0 aliphatic heterocycles. The number of aryl methyl sites for hydroxylation is 1. The first-order valence-electron chi connectivity index (χ1n) is 9.68. The van der Waals surface area contributed by atoms with Crippen molar-refractivity contribution in [3.8, 4) is 5.75 Å². The summed E-state index contributed by atoms with van der Waals surface area (Å²) in [6, 6.07) is 16.8. The second-order valence-electron chi connectivity index (χ2n) is 6.66. The highest BCUT2D eigenvalue weighted by molar-refractivity contribution is 7.92. The third-order valence-corrected chi connectivity index (χ3v) is 5.65. The Balaban J connectivity index is 1.60. The van der Waals surface area contributed by atoms with Crippen LogP contribution in [0.2, 0.25) is 0 Å². The highest BCUT2D eigenvalue weighted by Crippen LogP contribution is 2.19. The van der Waals surface area contributed by atoms with E-state index in [2.05, 4.69) is 20.6 Å². The fourth-order valence-corrected chi connectivity index (χ4v) is 3.76. The second-order valence-corrected chi connectivity index (χ2v) is 8.34. The Morgan fingerprint density at radius 3 is 2.19 bits per heavy atom. The van der Waals surface area contributed by atoms with Crippen LogP contribution in [0.4, 0.5) is 5.69 Å². The molecule has 3 rings (SSSR count). The van der Waals surface area contributed by atoms with Gasteiger partial charge in [-0.05, 0) is 74.5 Å². The lowest BCUT2D eigenvalue weighted by molar-refractivity contribution is 0.0844. The number of hydrogen-bond donors (Lipinski definition) is 3. The van der Waals surface area contributed by atoms with Gasteiger partial charge >= 0.3 is 0 Å². The molecule has 3 N–H and O–H groups in total. The molecule has 0 saturated carbocycles. The molecule has 0 saturated heterocycles. The van der Waals surface area contributed by atoms with Gasteiger partial charge in [-0.25, -0.2) is 13.4 Å². The topological polar surface area (TPSA) is 126 Å². The van der Waals surface area contributed by atoms with Gasteiger partial charge in [0, 0.05) is 16.9 Å². The minimum Gasteiger partial charge on any atom is -0.494 e. The molecule has 166 valence electrons. The second kappa shape index (κ2) is 9.92. The minimum atomic E-state index is -3.80. The van der Waals surface area contributed by atoms with Crippen LogP contribution < -0.4 is 20.3 Å². The highest BCUT2D eigenvalue weighted by atomic mass is 32.2. The molecule has 0 aliphatic rings. The van der Waals surface area contributed by atoms with Crippen molar-refractivity contribution in [1.82, 2.24) is 15.8 Å². The number of carbonyl (C=O) groups excluding carboxylic acids is 2. The molecule has 9 nitrogen and oxygen atoms in total. The molecule has 3 aromatic rings. The molecule has 1 aromatic heterocycles. The summed E-state index contributed by atoms with van der Waals surface area (Å²) in [5.41, 5.74) is 5.94. The summed E-state index contributed by atoms with van der Waals surface area (Å²) in [4.78, 5) is 28.5. The molecule has 0 spiro atoms. The number of pyridine rings is 1. The molecular weight excluding hydrogens is 432 g/mol. The zero-order valence-corrected chi connectivity index (χ0v) is 18.3. The smallest absolute Gasteiger partial charge is 0.288 e. The Bertz CT molecular complexity index is 1210. The summed E-state index contributed by atoms with van der Waals surface area (Å²) in [5, 5.41) is 0. The lowest BCUT2D eigenvalue weighted by Crippen LogP contribution is -2.42. The Labute approximate surface area is 185 Å². The monoisotopic (exact) mass is 454 g/mol. The number of sulfonamides is 1. The summed E-state index contributed by atoms with van der Waals surface area (Å²) in [5.74, 6) is -0.541. The van der Waals surface area contributed by atoms with Gasteiger partial charge in [0.2, 0.25) is 0 Å². The average molecular weight is 455 g/mol. The first-order chi connectivity index (χ1) is 15.3. The molecule has 0 unspecified atom stereocenters. The summed E-state index contributed by atoms with van der Waals surface area (Å²) in [6.45, 7) is 4.07. The molecule has 0 atom stereocenters. The van der Waals surface area contributed by atoms with E-state index in [4.69, 9.17) is 4.74 Å². The number of aromatic nitrogens is 1. The van der Waals surface area contributed by atoms with Gasteiger partial charge in [0.1, 0.15) is 11.4 Å². The van der Waals surface area contributed by atoms with E-state index >= 15 is 0 Å². The van der Waals surface area contributed by atoms with Crippen molar-refractivity contribution in [3.63, 3.8) is 0 Å². The van der Waals surface area contributed by atoms with Crippen molar-refractivity contribution in [1.29, 1.82) is 0 Å². The van der Waals surface area contributed by atoms with Gasteiger partial charge in [0.05, 0.1) is 11.5 Å². The predicted molar refractivity (Wildman–Crippen MR) is 119 cm³/mol. The SMILES string of the molecule is CCOc1ccc(S(=O)(=O)Nc2ccc(C(=O)NNC(=O)c3cccc(C)n3)cc2)cc1. The molecule has 32 heavy (non-hydrogen) atoms. The number of benzene rings is 2. The Hall–Kier alpha value is -3.92. The van der Waals surface area contributed by atoms with Crippen molar-refractivity contribution in [2.45, 2.75) is 18.7 Å². The number of carbonyl (C=O) groups is 2. The fraction of sp³-hybridized carbons (Fsp3) is 0.136. The zero-order valence-electron chi connectivity index (χ0n) is 17.5. The number of nitrogens with one attached hydrogen (secondary N) is 3. The number of anilines is 1. The van der Waals surface area contributed by atoms with E-state index in [-0.39, 0.29) is 21.8 Å². The van der Waals surface area contributed by atoms with Crippen molar-refractivity contribution >= 4 is 27.5 Å². The van der Waals surface area contributed by atoms with Gasteiger partial charge in [-0.2, -0.15) is 0 Å². The maximum atomic E-state index is 12.5. The van der Waals surface area contributed by atoms with E-state index in [1.807, 2.05) is 6.92 Å². The molecule has 2 amide bonds. The van der Waals surface area contributed by atoms with E-state index in [1.165, 1.54) is 42.5 Å².